The number of para-hydroxylation sites is 3. The molecule has 0 saturated carbocycles. The maximum absolute atomic E-state index is 12.7. The number of hydrogen-bond acceptors (Lipinski definition) is 4. The SMILES string of the molecule is Cc1ccc2c(c1)C(=O)N(CCC(=O)Nc1ccccc1-c1nc3ccccc3[nH]1)C2=O. The average Bonchev–Trinajstić information content (AvgIpc) is 3.32. The van der Waals surface area contributed by atoms with Crippen LogP contribution in [0.2, 0.25) is 0 Å². The van der Waals surface area contributed by atoms with Gasteiger partial charge in [0.25, 0.3) is 11.8 Å². The van der Waals surface area contributed by atoms with Crippen molar-refractivity contribution in [3.63, 3.8) is 0 Å². The molecule has 2 N–H and O–H groups in total. The highest BCUT2D eigenvalue weighted by atomic mass is 16.2. The van der Waals surface area contributed by atoms with Crippen molar-refractivity contribution >= 4 is 34.4 Å². The van der Waals surface area contributed by atoms with Crippen molar-refractivity contribution in [1.82, 2.24) is 14.9 Å². The van der Waals surface area contributed by atoms with E-state index >= 15 is 0 Å². The number of hydrogen-bond donors (Lipinski definition) is 2. The van der Waals surface area contributed by atoms with E-state index in [1.54, 1.807) is 24.3 Å². The third-order valence-electron chi connectivity index (χ3n) is 5.53. The van der Waals surface area contributed by atoms with Crippen LogP contribution in [0.4, 0.5) is 5.69 Å². The van der Waals surface area contributed by atoms with Crippen LogP contribution in [0.15, 0.2) is 66.7 Å². The summed E-state index contributed by atoms with van der Waals surface area (Å²) in [6, 6.07) is 20.2. The number of H-pyrrole nitrogens is 1. The molecule has 3 amide bonds. The molecule has 5 rings (SSSR count). The van der Waals surface area contributed by atoms with Gasteiger partial charge in [-0.2, -0.15) is 0 Å². The summed E-state index contributed by atoms with van der Waals surface area (Å²) in [5.41, 5.74) is 4.80. The Bertz CT molecular complexity index is 1360. The predicted molar refractivity (Wildman–Crippen MR) is 121 cm³/mol. The first-order valence-electron chi connectivity index (χ1n) is 10.3. The molecule has 1 aliphatic rings. The normalized spacial score (nSPS) is 13.0. The van der Waals surface area contributed by atoms with Crippen molar-refractivity contribution in [3.8, 4) is 11.4 Å². The second kappa shape index (κ2) is 7.77. The number of imidazole rings is 1. The first-order chi connectivity index (χ1) is 15.5. The molecule has 4 aromatic rings. The molecule has 0 radical (unpaired) electrons. The fourth-order valence-corrected chi connectivity index (χ4v) is 3.91. The van der Waals surface area contributed by atoms with Crippen LogP contribution < -0.4 is 5.32 Å². The van der Waals surface area contributed by atoms with Crippen LogP contribution in [0.5, 0.6) is 0 Å². The molecular formula is C25H20N4O3. The van der Waals surface area contributed by atoms with Gasteiger partial charge in [-0.25, -0.2) is 4.98 Å². The van der Waals surface area contributed by atoms with Gasteiger partial charge < -0.3 is 10.3 Å². The number of nitrogens with one attached hydrogen (secondary N) is 2. The highest BCUT2D eigenvalue weighted by molar-refractivity contribution is 6.21. The molecule has 158 valence electrons. The highest BCUT2D eigenvalue weighted by Crippen LogP contribution is 2.28. The standard InChI is InChI=1S/C25H20N4O3/c1-15-10-11-16-18(14-15)25(32)29(24(16)31)13-12-22(30)26-19-7-3-2-6-17(19)23-27-20-8-4-5-9-21(20)28-23/h2-11,14H,12-13H2,1H3,(H,26,30)(H,27,28). The monoisotopic (exact) mass is 424 g/mol. The lowest BCUT2D eigenvalue weighted by Crippen LogP contribution is -2.32. The van der Waals surface area contributed by atoms with Gasteiger partial charge in [-0.3, -0.25) is 19.3 Å². The van der Waals surface area contributed by atoms with Gasteiger partial charge >= 0.3 is 0 Å². The van der Waals surface area contributed by atoms with Crippen molar-refractivity contribution in [2.75, 3.05) is 11.9 Å². The molecule has 2 heterocycles. The van der Waals surface area contributed by atoms with Crippen LogP contribution in [0.3, 0.4) is 0 Å². The number of anilines is 1. The minimum Gasteiger partial charge on any atom is -0.338 e. The molecule has 7 nitrogen and oxygen atoms in total. The summed E-state index contributed by atoms with van der Waals surface area (Å²) in [4.78, 5) is 46.9. The van der Waals surface area contributed by atoms with Crippen LogP contribution in [0.25, 0.3) is 22.4 Å². The lowest BCUT2D eigenvalue weighted by atomic mass is 10.1. The highest BCUT2D eigenvalue weighted by Gasteiger charge is 2.35. The van der Waals surface area contributed by atoms with Gasteiger partial charge in [0.2, 0.25) is 5.91 Å². The predicted octanol–water partition coefficient (Wildman–Crippen LogP) is 4.16. The molecule has 3 aromatic carbocycles. The van der Waals surface area contributed by atoms with Crippen molar-refractivity contribution in [2.45, 2.75) is 13.3 Å². The lowest BCUT2D eigenvalue weighted by molar-refractivity contribution is -0.116. The zero-order chi connectivity index (χ0) is 22.2. The molecule has 0 spiro atoms. The number of imide groups is 1. The second-order valence-electron chi connectivity index (χ2n) is 7.76. The number of aromatic nitrogens is 2. The smallest absolute Gasteiger partial charge is 0.261 e. The van der Waals surface area contributed by atoms with Crippen LogP contribution >= 0.6 is 0 Å². The number of aromatic amines is 1. The summed E-state index contributed by atoms with van der Waals surface area (Å²) in [5, 5.41) is 2.89. The number of carbonyl (C=O) groups is 3. The summed E-state index contributed by atoms with van der Waals surface area (Å²) in [6.45, 7) is 1.89. The largest absolute Gasteiger partial charge is 0.338 e. The molecule has 1 aliphatic heterocycles. The molecule has 0 fully saturated rings. The third kappa shape index (κ3) is 3.43. The van der Waals surface area contributed by atoms with E-state index in [0.717, 1.165) is 27.1 Å². The number of nitrogens with zero attached hydrogens (tertiary/aromatic N) is 2. The zero-order valence-corrected chi connectivity index (χ0v) is 17.4. The maximum Gasteiger partial charge on any atom is 0.261 e. The van der Waals surface area contributed by atoms with E-state index in [1.807, 2.05) is 49.4 Å². The first kappa shape index (κ1) is 19.7. The van der Waals surface area contributed by atoms with Crippen molar-refractivity contribution in [3.05, 3.63) is 83.4 Å². The van der Waals surface area contributed by atoms with Crippen molar-refractivity contribution < 1.29 is 14.4 Å². The van der Waals surface area contributed by atoms with Gasteiger partial charge in [0, 0.05) is 18.5 Å². The molecule has 0 atom stereocenters. The summed E-state index contributed by atoms with van der Waals surface area (Å²) >= 11 is 0. The summed E-state index contributed by atoms with van der Waals surface area (Å²) in [6.07, 6.45) is -0.00108. The number of amides is 3. The number of fused-ring (bicyclic) bond motifs is 2. The molecule has 32 heavy (non-hydrogen) atoms. The molecular weight excluding hydrogens is 404 g/mol. The Morgan fingerprint density at radius 1 is 0.938 bits per heavy atom. The van der Waals surface area contributed by atoms with Crippen molar-refractivity contribution in [2.24, 2.45) is 0 Å². The Kier molecular flexibility index (Phi) is 4.78. The molecule has 0 unspecified atom stereocenters. The maximum atomic E-state index is 12.7. The fraction of sp³-hybridized carbons (Fsp3) is 0.120. The molecule has 0 bridgehead atoms. The number of rotatable bonds is 5. The minimum atomic E-state index is -0.361. The van der Waals surface area contributed by atoms with E-state index in [-0.39, 0.29) is 30.7 Å². The van der Waals surface area contributed by atoms with Gasteiger partial charge in [-0.05, 0) is 43.3 Å². The molecule has 7 heteroatoms. The number of aryl methyl sites for hydroxylation is 1. The number of carbonyl (C=O) groups excluding carboxylic acids is 3. The zero-order valence-electron chi connectivity index (χ0n) is 17.4. The van der Waals surface area contributed by atoms with Crippen LogP contribution in [-0.2, 0) is 4.79 Å². The molecule has 0 saturated heterocycles. The Balaban J connectivity index is 1.30. The van der Waals surface area contributed by atoms with Gasteiger partial charge in [-0.1, -0.05) is 35.9 Å². The quantitative estimate of drug-likeness (QED) is 0.470. The Labute approximate surface area is 184 Å². The molecule has 0 aliphatic carbocycles. The molecule has 1 aromatic heterocycles. The lowest BCUT2D eigenvalue weighted by Gasteiger charge is -2.14. The fourth-order valence-electron chi connectivity index (χ4n) is 3.91. The number of benzene rings is 3. The van der Waals surface area contributed by atoms with Gasteiger partial charge in [0.15, 0.2) is 0 Å². The topological polar surface area (TPSA) is 95.2 Å². The summed E-state index contributed by atoms with van der Waals surface area (Å²) in [5.74, 6) is -0.358. The van der Waals surface area contributed by atoms with Crippen LogP contribution in [-0.4, -0.2) is 39.1 Å². The minimum absolute atomic E-state index is 0.00108. The van der Waals surface area contributed by atoms with Gasteiger partial charge in [0.05, 0.1) is 27.8 Å². The van der Waals surface area contributed by atoms with E-state index < -0.39 is 0 Å². The van der Waals surface area contributed by atoms with E-state index in [1.165, 1.54) is 0 Å². The first-order valence-corrected chi connectivity index (χ1v) is 10.3. The van der Waals surface area contributed by atoms with E-state index in [0.29, 0.717) is 22.6 Å². The van der Waals surface area contributed by atoms with E-state index in [9.17, 15) is 14.4 Å². The van der Waals surface area contributed by atoms with E-state index in [2.05, 4.69) is 15.3 Å². The second-order valence-corrected chi connectivity index (χ2v) is 7.76. The van der Waals surface area contributed by atoms with Gasteiger partial charge in [0.1, 0.15) is 5.82 Å². The summed E-state index contributed by atoms with van der Waals surface area (Å²) in [7, 11) is 0. The summed E-state index contributed by atoms with van der Waals surface area (Å²) < 4.78 is 0. The Hall–Kier alpha value is -4.26. The Morgan fingerprint density at radius 3 is 2.53 bits per heavy atom. The average molecular weight is 424 g/mol. The van der Waals surface area contributed by atoms with Crippen molar-refractivity contribution in [1.29, 1.82) is 0 Å². The third-order valence-corrected chi connectivity index (χ3v) is 5.53. The van der Waals surface area contributed by atoms with Crippen LogP contribution in [0, 0.1) is 6.92 Å². The van der Waals surface area contributed by atoms with Gasteiger partial charge in [-0.15, -0.1) is 0 Å². The van der Waals surface area contributed by atoms with Crippen LogP contribution in [0.1, 0.15) is 32.7 Å². The Morgan fingerprint density at radius 2 is 1.69 bits per heavy atom. The van der Waals surface area contributed by atoms with E-state index in [4.69, 9.17) is 0 Å².